The van der Waals surface area contributed by atoms with E-state index in [4.69, 9.17) is 4.98 Å². The molecule has 2 bridgehead atoms. The predicted octanol–water partition coefficient (Wildman–Crippen LogP) is 4.76. The Kier molecular flexibility index (Phi) is 7.92. The van der Waals surface area contributed by atoms with Crippen LogP contribution >= 0.6 is 0 Å². The van der Waals surface area contributed by atoms with Crippen LogP contribution < -0.4 is 10.5 Å². The number of nitrogens with zero attached hydrogens (tertiary/aromatic N) is 5. The second kappa shape index (κ2) is 11.4. The molecule has 6 rings (SSSR count). The molecule has 1 aromatic carbocycles. The minimum atomic E-state index is -0.907. The van der Waals surface area contributed by atoms with Gasteiger partial charge in [-0.05, 0) is 76.6 Å². The zero-order valence-corrected chi connectivity index (χ0v) is 24.5. The Morgan fingerprint density at radius 2 is 1.75 bits per heavy atom. The van der Waals surface area contributed by atoms with Crippen molar-refractivity contribution in [3.63, 3.8) is 0 Å². The highest BCUT2D eigenvalue weighted by molar-refractivity contribution is 5.83. The van der Waals surface area contributed by atoms with Gasteiger partial charge in [0.25, 0.3) is 5.56 Å². The summed E-state index contributed by atoms with van der Waals surface area (Å²) in [5, 5.41) is 10.0. The fraction of sp³-hybridized carbons (Fsp3) is 0.719. The number of carboxylic acid groups (broad SMARTS) is 1. The van der Waals surface area contributed by atoms with Crippen LogP contribution in [0.4, 0.5) is 5.82 Å². The number of likely N-dealkylation sites (tertiary alicyclic amines) is 1. The van der Waals surface area contributed by atoms with Crippen LogP contribution in [-0.2, 0) is 4.79 Å². The van der Waals surface area contributed by atoms with Crippen molar-refractivity contribution in [2.24, 2.45) is 11.8 Å². The number of aromatic nitrogens is 2. The smallest absolute Gasteiger partial charge is 0.328 e. The van der Waals surface area contributed by atoms with Crippen molar-refractivity contribution in [3.8, 4) is 0 Å². The van der Waals surface area contributed by atoms with E-state index in [2.05, 4.69) is 11.8 Å². The Hall–Kier alpha value is -2.45. The second-order valence-corrected chi connectivity index (χ2v) is 13.3. The maximum absolute atomic E-state index is 14.2. The number of benzene rings is 1. The van der Waals surface area contributed by atoms with Gasteiger partial charge < -0.3 is 19.5 Å². The van der Waals surface area contributed by atoms with E-state index < -0.39 is 12.0 Å². The van der Waals surface area contributed by atoms with Gasteiger partial charge in [-0.25, -0.2) is 9.78 Å². The van der Waals surface area contributed by atoms with E-state index in [0.29, 0.717) is 18.6 Å². The number of likely N-dealkylation sites (N-methyl/N-ethyl adjacent to an activating group) is 1. The molecule has 8 heteroatoms. The van der Waals surface area contributed by atoms with E-state index in [1.165, 1.54) is 44.9 Å². The predicted molar refractivity (Wildman–Crippen MR) is 159 cm³/mol. The maximum Gasteiger partial charge on any atom is 0.328 e. The largest absolute Gasteiger partial charge is 0.480 e. The molecule has 4 fully saturated rings. The zero-order valence-electron chi connectivity index (χ0n) is 24.5. The van der Waals surface area contributed by atoms with E-state index in [9.17, 15) is 14.7 Å². The first-order chi connectivity index (χ1) is 19.4. The number of carbonyl (C=O) groups is 1. The molecule has 0 radical (unpaired) electrons. The number of aliphatic carboxylic acids is 1. The molecule has 1 aromatic heterocycles. The Labute approximate surface area is 238 Å². The molecule has 0 unspecified atom stereocenters. The first-order valence-electron chi connectivity index (χ1n) is 15.8. The van der Waals surface area contributed by atoms with Crippen LogP contribution in [0.5, 0.6) is 0 Å². The van der Waals surface area contributed by atoms with Gasteiger partial charge in [0, 0.05) is 31.2 Å². The Morgan fingerprint density at radius 1 is 1.02 bits per heavy atom. The molecule has 2 aliphatic carbocycles. The first-order valence-corrected chi connectivity index (χ1v) is 15.8. The third kappa shape index (κ3) is 5.06. The van der Waals surface area contributed by atoms with E-state index in [-0.39, 0.29) is 23.5 Å². The lowest BCUT2D eigenvalue weighted by molar-refractivity contribution is -0.142. The number of piperidine rings is 1. The summed E-state index contributed by atoms with van der Waals surface area (Å²) in [5.74, 6) is 1.17. The summed E-state index contributed by atoms with van der Waals surface area (Å²) in [7, 11) is 3.79. The molecule has 218 valence electrons. The van der Waals surface area contributed by atoms with Gasteiger partial charge in [-0.15, -0.1) is 0 Å². The van der Waals surface area contributed by atoms with Crippen molar-refractivity contribution in [1.82, 2.24) is 19.4 Å². The van der Waals surface area contributed by atoms with E-state index in [1.807, 2.05) is 47.8 Å². The van der Waals surface area contributed by atoms with Crippen LogP contribution in [0.2, 0.25) is 0 Å². The molecule has 2 saturated carbocycles. The number of carboxylic acids is 1. The number of para-hydroxylation sites is 2. The molecule has 2 aliphatic heterocycles. The van der Waals surface area contributed by atoms with Gasteiger partial charge in [0.2, 0.25) is 0 Å². The van der Waals surface area contributed by atoms with Crippen molar-refractivity contribution >= 4 is 22.8 Å². The summed E-state index contributed by atoms with van der Waals surface area (Å²) < 4.78 is 1.99. The van der Waals surface area contributed by atoms with Gasteiger partial charge in [0.1, 0.15) is 6.04 Å². The van der Waals surface area contributed by atoms with E-state index in [0.717, 1.165) is 55.1 Å². The van der Waals surface area contributed by atoms with Crippen molar-refractivity contribution < 1.29 is 9.90 Å². The maximum atomic E-state index is 14.2. The molecule has 2 aromatic rings. The minimum Gasteiger partial charge on any atom is -0.480 e. The number of hydrogen-bond acceptors (Lipinski definition) is 6. The molecule has 0 amide bonds. The molecule has 40 heavy (non-hydrogen) atoms. The lowest BCUT2D eigenvalue weighted by Crippen LogP contribution is -2.69. The zero-order chi connectivity index (χ0) is 28.0. The molecular formula is C32H47N5O3. The van der Waals surface area contributed by atoms with Crippen LogP contribution in [0.1, 0.15) is 83.6 Å². The fourth-order valence-corrected chi connectivity index (χ4v) is 8.66. The third-order valence-electron chi connectivity index (χ3n) is 10.6. The molecule has 0 spiro atoms. The van der Waals surface area contributed by atoms with Gasteiger partial charge >= 0.3 is 5.97 Å². The van der Waals surface area contributed by atoms with Gasteiger partial charge in [-0.2, -0.15) is 0 Å². The van der Waals surface area contributed by atoms with Gasteiger partial charge in [-0.1, -0.05) is 51.2 Å². The normalized spacial score (nSPS) is 33.1. The highest BCUT2D eigenvalue weighted by Crippen LogP contribution is 2.43. The monoisotopic (exact) mass is 549 g/mol. The summed E-state index contributed by atoms with van der Waals surface area (Å²) in [6.45, 7) is 3.80. The van der Waals surface area contributed by atoms with Crippen LogP contribution in [-0.4, -0.2) is 81.8 Å². The highest BCUT2D eigenvalue weighted by atomic mass is 16.4. The quantitative estimate of drug-likeness (QED) is 0.533. The first kappa shape index (κ1) is 27.7. The average Bonchev–Trinajstić information content (AvgIpc) is 3.07. The Balaban J connectivity index is 1.31. The highest BCUT2D eigenvalue weighted by Gasteiger charge is 2.47. The Morgan fingerprint density at radius 3 is 2.42 bits per heavy atom. The topological polar surface area (TPSA) is 81.9 Å². The van der Waals surface area contributed by atoms with Crippen LogP contribution in [0.15, 0.2) is 29.1 Å². The molecule has 8 nitrogen and oxygen atoms in total. The number of rotatable bonds is 7. The molecule has 7 atom stereocenters. The number of fused-ring (bicyclic) bond motifs is 3. The van der Waals surface area contributed by atoms with Crippen molar-refractivity contribution in [3.05, 3.63) is 34.6 Å². The van der Waals surface area contributed by atoms with E-state index >= 15 is 0 Å². The standard InChI is InChI=1S/C32H47N5O3/c1-4-9-23-19-24(14-15-35(23)25-17-21-10-5-6-11-22(16-21)18-25)37-27-13-8-7-12-26(27)33-30(31(37)38)36-20-28(34(2)3)29(36)32(39)40/h7-8,12-13,21-25,28-29H,4-6,9-11,14-20H2,1-3H3,(H,39,40)/t21-,22+,23-,24-,25-,28-,29+/m1/s1. The number of hydrogen-bond donors (Lipinski definition) is 1. The summed E-state index contributed by atoms with van der Waals surface area (Å²) in [4.78, 5) is 37.7. The van der Waals surface area contributed by atoms with E-state index in [1.54, 1.807) is 4.90 Å². The van der Waals surface area contributed by atoms with Crippen molar-refractivity contribution in [1.29, 1.82) is 0 Å². The SMILES string of the molecule is CCC[C@@H]1C[C@H](n2c(=O)c(N3C[C@@H](N(C)C)[C@H]3C(=O)O)nc3ccccc32)CCN1[C@@H]1C[C@@H]2CCCC[C@@H](C2)C1. The third-order valence-corrected chi connectivity index (χ3v) is 10.6. The summed E-state index contributed by atoms with van der Waals surface area (Å²) in [5.41, 5.74) is 1.49. The lowest BCUT2D eigenvalue weighted by atomic mass is 9.76. The minimum absolute atomic E-state index is 0.0898. The van der Waals surface area contributed by atoms with Crippen LogP contribution in [0.3, 0.4) is 0 Å². The van der Waals surface area contributed by atoms with Crippen LogP contribution in [0.25, 0.3) is 11.0 Å². The lowest BCUT2D eigenvalue weighted by Gasteiger charge is -2.49. The Bertz CT molecular complexity index is 1260. The summed E-state index contributed by atoms with van der Waals surface area (Å²) in [6, 6.07) is 8.23. The van der Waals surface area contributed by atoms with Crippen LogP contribution in [0, 0.1) is 11.8 Å². The van der Waals surface area contributed by atoms with Crippen molar-refractivity contribution in [2.75, 3.05) is 32.1 Å². The summed E-state index contributed by atoms with van der Waals surface area (Å²) in [6.07, 6.45) is 14.0. The fourth-order valence-electron chi connectivity index (χ4n) is 8.66. The van der Waals surface area contributed by atoms with Gasteiger partial charge in [0.15, 0.2) is 5.82 Å². The molecule has 2 saturated heterocycles. The molecule has 1 N–H and O–H groups in total. The molecular weight excluding hydrogens is 502 g/mol. The van der Waals surface area contributed by atoms with Gasteiger partial charge in [-0.3, -0.25) is 9.69 Å². The summed E-state index contributed by atoms with van der Waals surface area (Å²) >= 11 is 0. The molecule has 4 aliphatic rings. The van der Waals surface area contributed by atoms with Crippen molar-refractivity contribution in [2.45, 2.75) is 108 Å². The average molecular weight is 550 g/mol. The van der Waals surface area contributed by atoms with Gasteiger partial charge in [0.05, 0.1) is 17.1 Å². The molecule has 3 heterocycles. The second-order valence-electron chi connectivity index (χ2n) is 13.3. The number of anilines is 1.